The van der Waals surface area contributed by atoms with Gasteiger partial charge in [0.15, 0.2) is 0 Å². The van der Waals surface area contributed by atoms with E-state index in [0.29, 0.717) is 0 Å². The van der Waals surface area contributed by atoms with Crippen LogP contribution in [0.15, 0.2) is 36.5 Å². The van der Waals surface area contributed by atoms with Gasteiger partial charge in [-0.1, -0.05) is 24.8 Å². The molecule has 0 amide bonds. The SMILES string of the molecule is C=C(C)N1CCNc2ccccc2C1. The zero-order valence-electron chi connectivity index (χ0n) is 8.59. The maximum Gasteiger partial charge on any atom is 0.0447 e. The first-order valence-corrected chi connectivity index (χ1v) is 4.99. The fourth-order valence-electron chi connectivity index (χ4n) is 1.77. The van der Waals surface area contributed by atoms with Crippen LogP contribution in [0.5, 0.6) is 0 Å². The van der Waals surface area contributed by atoms with Crippen molar-refractivity contribution in [3.63, 3.8) is 0 Å². The zero-order chi connectivity index (χ0) is 9.97. The molecular formula is C12H16N2. The minimum Gasteiger partial charge on any atom is -0.383 e. The molecule has 0 spiro atoms. The Morgan fingerprint density at radius 1 is 1.43 bits per heavy atom. The van der Waals surface area contributed by atoms with E-state index in [1.54, 1.807) is 0 Å². The van der Waals surface area contributed by atoms with E-state index in [4.69, 9.17) is 0 Å². The van der Waals surface area contributed by atoms with Crippen molar-refractivity contribution < 1.29 is 0 Å². The third-order valence-electron chi connectivity index (χ3n) is 2.62. The molecule has 0 aromatic heterocycles. The van der Waals surface area contributed by atoms with Crippen LogP contribution in [0.25, 0.3) is 0 Å². The monoisotopic (exact) mass is 188 g/mol. The smallest absolute Gasteiger partial charge is 0.0447 e. The topological polar surface area (TPSA) is 15.3 Å². The summed E-state index contributed by atoms with van der Waals surface area (Å²) in [5.74, 6) is 0. The number of nitrogens with zero attached hydrogens (tertiary/aromatic N) is 1. The van der Waals surface area contributed by atoms with Gasteiger partial charge in [-0.25, -0.2) is 0 Å². The zero-order valence-corrected chi connectivity index (χ0v) is 8.59. The summed E-state index contributed by atoms with van der Waals surface area (Å²) in [4.78, 5) is 2.30. The molecule has 2 heteroatoms. The molecule has 74 valence electrons. The number of hydrogen-bond acceptors (Lipinski definition) is 2. The summed E-state index contributed by atoms with van der Waals surface area (Å²) < 4.78 is 0. The molecule has 1 aliphatic rings. The highest BCUT2D eigenvalue weighted by Crippen LogP contribution is 2.21. The van der Waals surface area contributed by atoms with Crippen LogP contribution >= 0.6 is 0 Å². The van der Waals surface area contributed by atoms with Gasteiger partial charge in [-0.2, -0.15) is 0 Å². The number of para-hydroxylation sites is 1. The summed E-state index contributed by atoms with van der Waals surface area (Å²) >= 11 is 0. The summed E-state index contributed by atoms with van der Waals surface area (Å²) in [6.07, 6.45) is 0. The predicted molar refractivity (Wildman–Crippen MR) is 60.2 cm³/mol. The van der Waals surface area contributed by atoms with Crippen LogP contribution in [-0.4, -0.2) is 18.0 Å². The summed E-state index contributed by atoms with van der Waals surface area (Å²) in [5, 5.41) is 3.43. The lowest BCUT2D eigenvalue weighted by Gasteiger charge is -2.22. The normalized spacial score (nSPS) is 15.4. The van der Waals surface area contributed by atoms with Gasteiger partial charge in [0.25, 0.3) is 0 Å². The second-order valence-electron chi connectivity index (χ2n) is 3.74. The number of allylic oxidation sites excluding steroid dienone is 1. The van der Waals surface area contributed by atoms with Crippen molar-refractivity contribution in [3.05, 3.63) is 42.1 Å². The molecule has 0 atom stereocenters. The fourth-order valence-corrected chi connectivity index (χ4v) is 1.77. The van der Waals surface area contributed by atoms with Gasteiger partial charge in [0, 0.05) is 31.0 Å². The van der Waals surface area contributed by atoms with E-state index in [9.17, 15) is 0 Å². The maximum absolute atomic E-state index is 3.99. The molecule has 0 saturated heterocycles. The molecule has 0 aliphatic carbocycles. The van der Waals surface area contributed by atoms with Gasteiger partial charge >= 0.3 is 0 Å². The summed E-state index contributed by atoms with van der Waals surface area (Å²) in [6, 6.07) is 8.46. The van der Waals surface area contributed by atoms with Crippen LogP contribution in [0, 0.1) is 0 Å². The Morgan fingerprint density at radius 2 is 2.21 bits per heavy atom. The molecule has 0 fully saturated rings. The van der Waals surface area contributed by atoms with Gasteiger partial charge in [-0.15, -0.1) is 0 Å². The van der Waals surface area contributed by atoms with Crippen molar-refractivity contribution in [1.29, 1.82) is 0 Å². The Morgan fingerprint density at radius 3 is 3.00 bits per heavy atom. The first kappa shape index (κ1) is 9.13. The number of hydrogen-bond donors (Lipinski definition) is 1. The van der Waals surface area contributed by atoms with Crippen LogP contribution in [0.3, 0.4) is 0 Å². The number of rotatable bonds is 1. The quantitative estimate of drug-likeness (QED) is 0.728. The molecule has 0 unspecified atom stereocenters. The minimum atomic E-state index is 0.971. The van der Waals surface area contributed by atoms with Gasteiger partial charge in [0.05, 0.1) is 0 Å². The second-order valence-corrected chi connectivity index (χ2v) is 3.74. The van der Waals surface area contributed by atoms with Gasteiger partial charge in [0.1, 0.15) is 0 Å². The highest BCUT2D eigenvalue weighted by molar-refractivity contribution is 5.51. The van der Waals surface area contributed by atoms with Gasteiger partial charge < -0.3 is 10.2 Å². The lowest BCUT2D eigenvalue weighted by atomic mass is 10.1. The standard InChI is InChI=1S/C12H16N2/c1-10(2)14-8-7-13-12-6-4-3-5-11(12)9-14/h3-6,13H,1,7-9H2,2H3. The van der Waals surface area contributed by atoms with Crippen molar-refractivity contribution in [3.8, 4) is 0 Å². The highest BCUT2D eigenvalue weighted by atomic mass is 15.2. The molecule has 1 aliphatic heterocycles. The van der Waals surface area contributed by atoms with Gasteiger partial charge in [-0.05, 0) is 18.6 Å². The first-order valence-electron chi connectivity index (χ1n) is 4.99. The molecule has 1 N–H and O–H groups in total. The van der Waals surface area contributed by atoms with Crippen molar-refractivity contribution >= 4 is 5.69 Å². The van der Waals surface area contributed by atoms with E-state index in [0.717, 1.165) is 25.3 Å². The Bertz CT molecular complexity index is 344. The van der Waals surface area contributed by atoms with Crippen LogP contribution in [0.1, 0.15) is 12.5 Å². The number of benzene rings is 1. The molecular weight excluding hydrogens is 172 g/mol. The van der Waals surface area contributed by atoms with Crippen LogP contribution in [-0.2, 0) is 6.54 Å². The van der Waals surface area contributed by atoms with E-state index in [2.05, 4.69) is 48.0 Å². The van der Waals surface area contributed by atoms with Gasteiger partial charge in [0.2, 0.25) is 0 Å². The van der Waals surface area contributed by atoms with Crippen molar-refractivity contribution in [2.24, 2.45) is 0 Å². The Labute approximate surface area is 85.2 Å². The number of fused-ring (bicyclic) bond motifs is 1. The average Bonchev–Trinajstić information content (AvgIpc) is 2.39. The van der Waals surface area contributed by atoms with Crippen molar-refractivity contribution in [2.75, 3.05) is 18.4 Å². The molecule has 14 heavy (non-hydrogen) atoms. The highest BCUT2D eigenvalue weighted by Gasteiger charge is 2.11. The van der Waals surface area contributed by atoms with Crippen LogP contribution in [0.2, 0.25) is 0 Å². The maximum atomic E-state index is 3.99. The van der Waals surface area contributed by atoms with Crippen molar-refractivity contribution in [1.82, 2.24) is 4.90 Å². The lowest BCUT2D eigenvalue weighted by Crippen LogP contribution is -2.23. The van der Waals surface area contributed by atoms with Gasteiger partial charge in [-0.3, -0.25) is 0 Å². The largest absolute Gasteiger partial charge is 0.383 e. The van der Waals surface area contributed by atoms with Crippen LogP contribution < -0.4 is 5.32 Å². The molecule has 1 aromatic carbocycles. The summed E-state index contributed by atoms with van der Waals surface area (Å²) in [7, 11) is 0. The minimum absolute atomic E-state index is 0.971. The first-order chi connectivity index (χ1) is 6.77. The van der Waals surface area contributed by atoms with E-state index in [-0.39, 0.29) is 0 Å². The lowest BCUT2D eigenvalue weighted by molar-refractivity contribution is 0.358. The van der Waals surface area contributed by atoms with Crippen molar-refractivity contribution in [2.45, 2.75) is 13.5 Å². The predicted octanol–water partition coefficient (Wildman–Crippen LogP) is 2.45. The summed E-state index contributed by atoms with van der Waals surface area (Å²) in [6.45, 7) is 9.05. The Hall–Kier alpha value is -1.44. The van der Waals surface area contributed by atoms with E-state index in [1.165, 1.54) is 11.3 Å². The third kappa shape index (κ3) is 1.74. The summed E-state index contributed by atoms with van der Waals surface area (Å²) in [5.41, 5.74) is 3.76. The van der Waals surface area contributed by atoms with E-state index >= 15 is 0 Å². The fraction of sp³-hybridized carbons (Fsp3) is 0.333. The molecule has 0 saturated carbocycles. The third-order valence-corrected chi connectivity index (χ3v) is 2.62. The van der Waals surface area contributed by atoms with E-state index < -0.39 is 0 Å². The molecule has 1 aromatic rings. The molecule has 2 rings (SSSR count). The van der Waals surface area contributed by atoms with Crippen LogP contribution in [0.4, 0.5) is 5.69 Å². The molecule has 0 radical (unpaired) electrons. The number of anilines is 1. The molecule has 2 nitrogen and oxygen atoms in total. The van der Waals surface area contributed by atoms with E-state index in [1.807, 2.05) is 0 Å². The molecule has 1 heterocycles. The average molecular weight is 188 g/mol. The molecule has 0 bridgehead atoms. The number of nitrogens with one attached hydrogen (secondary N) is 1. The Kier molecular flexibility index (Phi) is 2.44. The Balaban J connectivity index is 2.26. The second kappa shape index (κ2) is 3.74.